The quantitative estimate of drug-likeness (QED) is 0.322. The number of aromatic hydroxyl groups is 1. The number of aliphatic carboxylic acids is 2. The lowest BCUT2D eigenvalue weighted by molar-refractivity contribution is -0.131. The zero-order chi connectivity index (χ0) is 23.8. The Morgan fingerprint density at radius 3 is 2.30 bits per heavy atom. The molecule has 0 aliphatic heterocycles. The molecule has 7 heteroatoms. The van der Waals surface area contributed by atoms with Crippen LogP contribution in [0.3, 0.4) is 0 Å². The molecule has 0 radical (unpaired) electrons. The molecule has 0 saturated heterocycles. The first kappa shape index (κ1) is 23.1. The highest BCUT2D eigenvalue weighted by molar-refractivity contribution is 6.20. The topological polar surface area (TPSA) is 113 Å². The number of hydrogen-bond acceptors (Lipinski definition) is 5. The number of phenols is 1. The lowest BCUT2D eigenvalue weighted by Crippen LogP contribution is -2.02. The van der Waals surface area contributed by atoms with Crippen LogP contribution in [0.25, 0.3) is 17.7 Å². The highest BCUT2D eigenvalue weighted by atomic mass is 16.5. The van der Waals surface area contributed by atoms with Crippen LogP contribution < -0.4 is 9.47 Å². The van der Waals surface area contributed by atoms with Gasteiger partial charge in [-0.25, -0.2) is 9.59 Å². The van der Waals surface area contributed by atoms with Crippen LogP contribution in [0.2, 0.25) is 0 Å². The Kier molecular flexibility index (Phi) is 7.49. The van der Waals surface area contributed by atoms with Gasteiger partial charge in [0.2, 0.25) is 0 Å². The average Bonchev–Trinajstić information content (AvgIpc) is 2.81. The molecule has 0 atom stereocenters. The predicted molar refractivity (Wildman–Crippen MR) is 124 cm³/mol. The Balaban J connectivity index is 1.84. The fourth-order valence-corrected chi connectivity index (χ4v) is 3.07. The van der Waals surface area contributed by atoms with Gasteiger partial charge >= 0.3 is 11.9 Å². The summed E-state index contributed by atoms with van der Waals surface area (Å²) >= 11 is 0. The maximum Gasteiger partial charge on any atom is 0.336 e. The maximum atomic E-state index is 11.9. The molecule has 0 aliphatic carbocycles. The van der Waals surface area contributed by atoms with Crippen molar-refractivity contribution >= 4 is 29.7 Å². The molecular weight excluding hydrogens is 424 g/mol. The minimum Gasteiger partial charge on any atom is -0.508 e. The average molecular weight is 446 g/mol. The summed E-state index contributed by atoms with van der Waals surface area (Å²) in [6.45, 7) is 0.141. The number of carboxylic acid groups (broad SMARTS) is 2. The predicted octanol–water partition coefficient (Wildman–Crippen LogP) is 4.70. The van der Waals surface area contributed by atoms with Gasteiger partial charge in [-0.3, -0.25) is 0 Å². The third-order valence-corrected chi connectivity index (χ3v) is 4.67. The number of phenolic OH excluding ortho intramolecular Hbond substituents is 1. The normalized spacial score (nSPS) is 11.4. The number of carboxylic acids is 2. The van der Waals surface area contributed by atoms with Gasteiger partial charge in [0, 0.05) is 6.08 Å². The first-order valence-electron chi connectivity index (χ1n) is 9.91. The van der Waals surface area contributed by atoms with Gasteiger partial charge in [0.05, 0.1) is 12.7 Å². The SMILES string of the molecule is COc1ccc(/C=C/C(=O)O)cc1OCc1cccc(/C(=C/c2ccc(O)cc2)C(=O)O)c1. The Labute approximate surface area is 190 Å². The van der Waals surface area contributed by atoms with Crippen LogP contribution in [0.1, 0.15) is 22.3 Å². The summed E-state index contributed by atoms with van der Waals surface area (Å²) < 4.78 is 11.2. The molecule has 0 fully saturated rings. The van der Waals surface area contributed by atoms with E-state index < -0.39 is 11.9 Å². The van der Waals surface area contributed by atoms with Crippen molar-refractivity contribution in [3.8, 4) is 17.2 Å². The van der Waals surface area contributed by atoms with E-state index >= 15 is 0 Å². The third-order valence-electron chi connectivity index (χ3n) is 4.67. The summed E-state index contributed by atoms with van der Waals surface area (Å²) in [5, 5.41) is 28.0. The van der Waals surface area contributed by atoms with Crippen molar-refractivity contribution in [3.05, 3.63) is 95.1 Å². The van der Waals surface area contributed by atoms with Crippen LogP contribution in [0.5, 0.6) is 17.2 Å². The lowest BCUT2D eigenvalue weighted by atomic mass is 10.0. The minimum absolute atomic E-state index is 0.0981. The highest BCUT2D eigenvalue weighted by Gasteiger charge is 2.12. The molecule has 0 unspecified atom stereocenters. The third kappa shape index (κ3) is 6.48. The lowest BCUT2D eigenvalue weighted by Gasteiger charge is -2.12. The van der Waals surface area contributed by atoms with Gasteiger partial charge in [0.1, 0.15) is 12.4 Å². The number of ether oxygens (including phenoxy) is 2. The highest BCUT2D eigenvalue weighted by Crippen LogP contribution is 2.30. The van der Waals surface area contributed by atoms with Gasteiger partial charge in [0.15, 0.2) is 11.5 Å². The van der Waals surface area contributed by atoms with Gasteiger partial charge in [0.25, 0.3) is 0 Å². The Bertz CT molecular complexity index is 1210. The van der Waals surface area contributed by atoms with Gasteiger partial charge < -0.3 is 24.8 Å². The number of carbonyl (C=O) groups is 2. The van der Waals surface area contributed by atoms with Gasteiger partial charge in [-0.15, -0.1) is 0 Å². The van der Waals surface area contributed by atoms with Crippen molar-refractivity contribution in [3.63, 3.8) is 0 Å². The van der Waals surface area contributed by atoms with Gasteiger partial charge in [-0.1, -0.05) is 36.4 Å². The zero-order valence-electron chi connectivity index (χ0n) is 17.8. The second-order valence-electron chi connectivity index (χ2n) is 7.03. The zero-order valence-corrected chi connectivity index (χ0v) is 17.8. The summed E-state index contributed by atoms with van der Waals surface area (Å²) in [6.07, 6.45) is 4.01. The molecule has 0 saturated carbocycles. The van der Waals surface area contributed by atoms with Crippen molar-refractivity contribution in [1.29, 1.82) is 0 Å². The summed E-state index contributed by atoms with van der Waals surface area (Å²) in [6, 6.07) is 18.3. The van der Waals surface area contributed by atoms with E-state index in [2.05, 4.69) is 0 Å². The molecule has 0 aliphatic rings. The maximum absolute atomic E-state index is 11.9. The number of benzene rings is 3. The molecule has 3 rings (SSSR count). The molecule has 0 heterocycles. The molecule has 0 amide bonds. The fraction of sp³-hybridized carbons (Fsp3) is 0.0769. The molecule has 0 bridgehead atoms. The van der Waals surface area contributed by atoms with E-state index in [0.29, 0.717) is 28.2 Å². The van der Waals surface area contributed by atoms with E-state index in [9.17, 15) is 19.8 Å². The second-order valence-corrected chi connectivity index (χ2v) is 7.03. The van der Waals surface area contributed by atoms with Crippen molar-refractivity contribution < 1.29 is 34.4 Å². The molecule has 3 N–H and O–H groups in total. The monoisotopic (exact) mass is 446 g/mol. The van der Waals surface area contributed by atoms with Crippen LogP contribution in [0.4, 0.5) is 0 Å². The van der Waals surface area contributed by atoms with E-state index in [1.54, 1.807) is 48.5 Å². The Hall–Kier alpha value is -4.52. The number of hydrogen-bond donors (Lipinski definition) is 3. The van der Waals surface area contributed by atoms with Crippen molar-refractivity contribution in [2.24, 2.45) is 0 Å². The number of methoxy groups -OCH3 is 1. The molecule has 3 aromatic rings. The summed E-state index contributed by atoms with van der Waals surface area (Å²) in [5.41, 5.74) is 2.61. The van der Waals surface area contributed by atoms with E-state index in [1.165, 1.54) is 31.4 Å². The van der Waals surface area contributed by atoms with Crippen LogP contribution in [0, 0.1) is 0 Å². The smallest absolute Gasteiger partial charge is 0.336 e. The van der Waals surface area contributed by atoms with Gasteiger partial charge in [-0.2, -0.15) is 0 Å². The molecule has 3 aromatic carbocycles. The van der Waals surface area contributed by atoms with Crippen LogP contribution in [-0.2, 0) is 16.2 Å². The molecule has 0 spiro atoms. The fourth-order valence-electron chi connectivity index (χ4n) is 3.07. The Morgan fingerprint density at radius 2 is 1.64 bits per heavy atom. The standard InChI is InChI=1S/C26H22O7/c1-32-23-11-7-18(8-12-25(28)29)15-24(23)33-16-19-3-2-4-20(13-19)22(26(30)31)14-17-5-9-21(27)10-6-17/h2-15,27H,16H2,1H3,(H,28,29)(H,30,31)/b12-8+,22-14-. The molecule has 33 heavy (non-hydrogen) atoms. The van der Waals surface area contributed by atoms with E-state index in [0.717, 1.165) is 11.6 Å². The second kappa shape index (κ2) is 10.7. The Morgan fingerprint density at radius 1 is 0.909 bits per heavy atom. The summed E-state index contributed by atoms with van der Waals surface area (Å²) in [7, 11) is 1.50. The van der Waals surface area contributed by atoms with E-state index in [4.69, 9.17) is 14.6 Å². The van der Waals surface area contributed by atoms with Gasteiger partial charge in [-0.05, 0) is 64.7 Å². The number of rotatable bonds is 9. The largest absolute Gasteiger partial charge is 0.508 e. The molecule has 0 aromatic heterocycles. The minimum atomic E-state index is -1.08. The summed E-state index contributed by atoms with van der Waals surface area (Å²) in [4.78, 5) is 22.6. The molecular formula is C26H22O7. The van der Waals surface area contributed by atoms with Crippen LogP contribution in [0.15, 0.2) is 72.8 Å². The van der Waals surface area contributed by atoms with Crippen molar-refractivity contribution in [2.75, 3.05) is 7.11 Å². The molecule has 168 valence electrons. The summed E-state index contributed by atoms with van der Waals surface area (Å²) in [5.74, 6) is -1.13. The van der Waals surface area contributed by atoms with Crippen molar-refractivity contribution in [1.82, 2.24) is 0 Å². The van der Waals surface area contributed by atoms with E-state index in [1.807, 2.05) is 6.07 Å². The van der Waals surface area contributed by atoms with Crippen molar-refractivity contribution in [2.45, 2.75) is 6.61 Å². The first-order chi connectivity index (χ1) is 15.9. The molecule has 7 nitrogen and oxygen atoms in total. The first-order valence-corrected chi connectivity index (χ1v) is 9.91. The van der Waals surface area contributed by atoms with E-state index in [-0.39, 0.29) is 17.9 Å². The van der Waals surface area contributed by atoms with Crippen LogP contribution >= 0.6 is 0 Å². The van der Waals surface area contributed by atoms with Crippen LogP contribution in [-0.4, -0.2) is 34.4 Å².